The molecule has 2 fully saturated rings. The standard InChI is InChI=1S/C17H22N4O2S.ClH/c18-13-7-6-11-9-21(10-12(11)13)16(22)5-1-4-15-19-17(20-23-15)14-3-2-8-24-14;/h2-3,8,11-13H,1,4-7,9-10,18H2;1H. The second-order valence-corrected chi connectivity index (χ2v) is 7.75. The molecule has 8 heteroatoms. The molecule has 136 valence electrons. The van der Waals surface area contributed by atoms with E-state index in [1.807, 2.05) is 22.4 Å². The zero-order valence-electron chi connectivity index (χ0n) is 14.0. The summed E-state index contributed by atoms with van der Waals surface area (Å²) >= 11 is 1.59. The van der Waals surface area contributed by atoms with Gasteiger partial charge in [0, 0.05) is 32.0 Å². The van der Waals surface area contributed by atoms with E-state index < -0.39 is 0 Å². The van der Waals surface area contributed by atoms with E-state index in [0.29, 0.717) is 36.4 Å². The monoisotopic (exact) mass is 382 g/mol. The zero-order valence-corrected chi connectivity index (χ0v) is 15.6. The molecule has 0 bridgehead atoms. The lowest BCUT2D eigenvalue weighted by Crippen LogP contribution is -2.33. The second-order valence-electron chi connectivity index (χ2n) is 6.81. The Hall–Kier alpha value is -1.44. The lowest BCUT2D eigenvalue weighted by atomic mass is 9.98. The average Bonchev–Trinajstić information content (AvgIpc) is 3.33. The largest absolute Gasteiger partial charge is 0.342 e. The average molecular weight is 383 g/mol. The molecule has 6 nitrogen and oxygen atoms in total. The van der Waals surface area contributed by atoms with Crippen LogP contribution >= 0.6 is 23.7 Å². The van der Waals surface area contributed by atoms with Gasteiger partial charge < -0.3 is 15.2 Å². The van der Waals surface area contributed by atoms with Gasteiger partial charge in [-0.3, -0.25) is 4.79 Å². The van der Waals surface area contributed by atoms with E-state index in [4.69, 9.17) is 10.3 Å². The number of carbonyl (C=O) groups is 1. The normalized spacial score (nSPS) is 25.0. The van der Waals surface area contributed by atoms with E-state index in [9.17, 15) is 4.79 Å². The van der Waals surface area contributed by atoms with Crippen molar-refractivity contribution in [3.8, 4) is 10.7 Å². The molecule has 3 unspecified atom stereocenters. The van der Waals surface area contributed by atoms with Crippen LogP contribution in [0.15, 0.2) is 22.0 Å². The number of amides is 1. The van der Waals surface area contributed by atoms with Crippen molar-refractivity contribution in [2.24, 2.45) is 17.6 Å². The highest BCUT2D eigenvalue weighted by Gasteiger charge is 2.42. The van der Waals surface area contributed by atoms with Gasteiger partial charge in [-0.1, -0.05) is 11.2 Å². The molecule has 1 amide bonds. The van der Waals surface area contributed by atoms with E-state index in [0.717, 1.165) is 30.8 Å². The molecule has 1 aliphatic heterocycles. The molecule has 2 aromatic rings. The number of thiophene rings is 1. The predicted octanol–water partition coefficient (Wildman–Crippen LogP) is 2.74. The molecule has 4 rings (SSSR count). The van der Waals surface area contributed by atoms with Gasteiger partial charge >= 0.3 is 0 Å². The number of rotatable bonds is 5. The van der Waals surface area contributed by atoms with Crippen LogP contribution in [0.5, 0.6) is 0 Å². The molecular weight excluding hydrogens is 360 g/mol. The van der Waals surface area contributed by atoms with Gasteiger partial charge in [0.2, 0.25) is 17.6 Å². The van der Waals surface area contributed by atoms with Crippen molar-refractivity contribution in [1.82, 2.24) is 15.0 Å². The van der Waals surface area contributed by atoms with E-state index >= 15 is 0 Å². The van der Waals surface area contributed by atoms with Gasteiger partial charge in [-0.2, -0.15) is 4.98 Å². The van der Waals surface area contributed by atoms with Crippen molar-refractivity contribution in [1.29, 1.82) is 0 Å². The van der Waals surface area contributed by atoms with Crippen molar-refractivity contribution in [3.63, 3.8) is 0 Å². The van der Waals surface area contributed by atoms with Crippen LogP contribution in [0.3, 0.4) is 0 Å². The van der Waals surface area contributed by atoms with Crippen LogP contribution in [0.2, 0.25) is 0 Å². The first-order valence-corrected chi connectivity index (χ1v) is 9.48. The fourth-order valence-electron chi connectivity index (χ4n) is 3.92. The Morgan fingerprint density at radius 2 is 2.28 bits per heavy atom. The van der Waals surface area contributed by atoms with Crippen molar-refractivity contribution >= 4 is 29.7 Å². The minimum atomic E-state index is 0. The molecular formula is C17H23ClN4O2S. The van der Waals surface area contributed by atoms with Crippen LogP contribution in [0.4, 0.5) is 0 Å². The van der Waals surface area contributed by atoms with E-state index in [1.165, 1.54) is 6.42 Å². The van der Waals surface area contributed by atoms with Crippen molar-refractivity contribution < 1.29 is 9.32 Å². The SMILES string of the molecule is Cl.NC1CCC2CN(C(=O)CCCc3nc(-c4cccs4)no3)CC12. The van der Waals surface area contributed by atoms with Gasteiger partial charge in [-0.25, -0.2) is 0 Å². The molecule has 25 heavy (non-hydrogen) atoms. The summed E-state index contributed by atoms with van der Waals surface area (Å²) in [5.41, 5.74) is 6.14. The third kappa shape index (κ3) is 3.88. The Morgan fingerprint density at radius 1 is 1.40 bits per heavy atom. The molecule has 1 saturated heterocycles. The van der Waals surface area contributed by atoms with Crippen LogP contribution < -0.4 is 5.73 Å². The summed E-state index contributed by atoms with van der Waals surface area (Å²) in [4.78, 5) is 19.8. The number of aromatic nitrogens is 2. The zero-order chi connectivity index (χ0) is 16.5. The van der Waals surface area contributed by atoms with Gasteiger partial charge in [0.25, 0.3) is 0 Å². The minimum Gasteiger partial charge on any atom is -0.342 e. The number of hydrogen-bond acceptors (Lipinski definition) is 6. The van der Waals surface area contributed by atoms with Gasteiger partial charge in [-0.15, -0.1) is 23.7 Å². The van der Waals surface area contributed by atoms with Crippen molar-refractivity contribution in [2.75, 3.05) is 13.1 Å². The number of nitrogens with zero attached hydrogens (tertiary/aromatic N) is 3. The topological polar surface area (TPSA) is 85.2 Å². The number of hydrogen-bond donors (Lipinski definition) is 1. The first-order chi connectivity index (χ1) is 11.7. The van der Waals surface area contributed by atoms with Crippen LogP contribution in [-0.2, 0) is 11.2 Å². The number of aryl methyl sites for hydroxylation is 1. The minimum absolute atomic E-state index is 0. The van der Waals surface area contributed by atoms with E-state index in [2.05, 4.69) is 10.1 Å². The van der Waals surface area contributed by atoms with Crippen molar-refractivity contribution in [3.05, 3.63) is 23.4 Å². The summed E-state index contributed by atoms with van der Waals surface area (Å²) in [7, 11) is 0. The first-order valence-electron chi connectivity index (χ1n) is 8.60. The molecule has 0 aromatic carbocycles. The molecule has 3 atom stereocenters. The molecule has 1 saturated carbocycles. The van der Waals surface area contributed by atoms with Crippen molar-refractivity contribution in [2.45, 2.75) is 38.1 Å². The highest BCUT2D eigenvalue weighted by Crippen LogP contribution is 2.37. The maximum atomic E-state index is 12.4. The maximum absolute atomic E-state index is 12.4. The first kappa shape index (κ1) is 18.4. The smallest absolute Gasteiger partial charge is 0.226 e. The highest BCUT2D eigenvalue weighted by atomic mass is 35.5. The Morgan fingerprint density at radius 3 is 3.04 bits per heavy atom. The number of likely N-dealkylation sites (tertiary alicyclic amines) is 1. The highest BCUT2D eigenvalue weighted by molar-refractivity contribution is 7.13. The Bertz CT molecular complexity index is 705. The summed E-state index contributed by atoms with van der Waals surface area (Å²) < 4.78 is 5.27. The molecule has 1 aliphatic carbocycles. The van der Waals surface area contributed by atoms with Crippen LogP contribution in [0, 0.1) is 11.8 Å². The number of halogens is 1. The van der Waals surface area contributed by atoms with Crippen LogP contribution in [-0.4, -0.2) is 40.1 Å². The number of nitrogens with two attached hydrogens (primary N) is 1. The van der Waals surface area contributed by atoms with Crippen LogP contribution in [0.1, 0.15) is 31.6 Å². The van der Waals surface area contributed by atoms with Gasteiger partial charge in [0.15, 0.2) is 0 Å². The molecule has 0 spiro atoms. The lowest BCUT2D eigenvalue weighted by molar-refractivity contribution is -0.130. The van der Waals surface area contributed by atoms with Gasteiger partial charge in [0.1, 0.15) is 0 Å². The molecule has 3 heterocycles. The fourth-order valence-corrected chi connectivity index (χ4v) is 4.57. The summed E-state index contributed by atoms with van der Waals surface area (Å²) in [6.45, 7) is 1.73. The molecule has 0 radical (unpaired) electrons. The third-order valence-electron chi connectivity index (χ3n) is 5.26. The lowest BCUT2D eigenvalue weighted by Gasteiger charge is -2.18. The summed E-state index contributed by atoms with van der Waals surface area (Å²) in [5, 5.41) is 5.98. The number of fused-ring (bicyclic) bond motifs is 1. The maximum Gasteiger partial charge on any atom is 0.226 e. The Balaban J connectivity index is 0.00000182. The summed E-state index contributed by atoms with van der Waals surface area (Å²) in [6.07, 6.45) is 4.20. The van der Waals surface area contributed by atoms with E-state index in [-0.39, 0.29) is 24.4 Å². The summed E-state index contributed by atoms with van der Waals surface area (Å²) in [5.74, 6) is 2.60. The predicted molar refractivity (Wildman–Crippen MR) is 98.6 cm³/mol. The third-order valence-corrected chi connectivity index (χ3v) is 6.12. The second kappa shape index (κ2) is 7.85. The fraction of sp³-hybridized carbons (Fsp3) is 0.588. The molecule has 2 aliphatic rings. The molecule has 2 aromatic heterocycles. The van der Waals surface area contributed by atoms with Gasteiger partial charge in [-0.05, 0) is 42.5 Å². The van der Waals surface area contributed by atoms with E-state index in [1.54, 1.807) is 11.3 Å². The Labute approximate surface area is 157 Å². The summed E-state index contributed by atoms with van der Waals surface area (Å²) in [6, 6.07) is 4.21. The van der Waals surface area contributed by atoms with Crippen LogP contribution in [0.25, 0.3) is 10.7 Å². The molecule has 2 N–H and O–H groups in total. The van der Waals surface area contributed by atoms with Gasteiger partial charge in [0.05, 0.1) is 4.88 Å². The Kier molecular flexibility index (Phi) is 5.76. The quantitative estimate of drug-likeness (QED) is 0.859. The number of carbonyl (C=O) groups excluding carboxylic acids is 1.